The molecule has 1 aromatic heterocycles. The van der Waals surface area contributed by atoms with Gasteiger partial charge >= 0.3 is 11.9 Å². The van der Waals surface area contributed by atoms with Crippen LogP contribution in [0.3, 0.4) is 0 Å². The summed E-state index contributed by atoms with van der Waals surface area (Å²) in [5.74, 6) is -1.68. The average molecular weight is 522 g/mol. The molecule has 8 heteroatoms. The molecule has 0 spiro atoms. The second-order valence-corrected chi connectivity index (χ2v) is 9.37. The van der Waals surface area contributed by atoms with Crippen molar-refractivity contribution in [2.45, 2.75) is 19.3 Å². The molecule has 1 aliphatic rings. The lowest BCUT2D eigenvalue weighted by molar-refractivity contribution is -0.157. The lowest BCUT2D eigenvalue weighted by Gasteiger charge is -2.22. The van der Waals surface area contributed by atoms with E-state index in [9.17, 15) is 14.4 Å². The summed E-state index contributed by atoms with van der Waals surface area (Å²) in [5, 5.41) is 1.49. The van der Waals surface area contributed by atoms with Crippen LogP contribution in [-0.2, 0) is 27.1 Å². The summed E-state index contributed by atoms with van der Waals surface area (Å²) in [6.07, 6.45) is 1.49. The van der Waals surface area contributed by atoms with Gasteiger partial charge in [0.15, 0.2) is 0 Å². The van der Waals surface area contributed by atoms with Crippen LogP contribution >= 0.6 is 23.2 Å². The number of fused-ring (bicyclic) bond motifs is 3. The van der Waals surface area contributed by atoms with Crippen molar-refractivity contribution in [3.63, 3.8) is 0 Å². The van der Waals surface area contributed by atoms with Crippen molar-refractivity contribution in [3.05, 3.63) is 105 Å². The third kappa shape index (κ3) is 4.62. The van der Waals surface area contributed by atoms with Crippen molar-refractivity contribution in [3.8, 4) is 0 Å². The van der Waals surface area contributed by atoms with Crippen molar-refractivity contribution in [1.29, 1.82) is 0 Å². The summed E-state index contributed by atoms with van der Waals surface area (Å²) in [6, 6.07) is 21.3. The number of carbonyl (C=O) groups is 3. The first-order valence-corrected chi connectivity index (χ1v) is 12.2. The molecule has 182 valence electrons. The van der Waals surface area contributed by atoms with Crippen molar-refractivity contribution in [1.82, 2.24) is 4.57 Å². The second-order valence-electron chi connectivity index (χ2n) is 8.53. The van der Waals surface area contributed by atoms with Gasteiger partial charge in [0.25, 0.3) is 5.91 Å². The number of carbonyl (C=O) groups excluding carboxylic acids is 3. The lowest BCUT2D eigenvalue weighted by atomic mass is 9.86. The van der Waals surface area contributed by atoms with Crippen molar-refractivity contribution < 1.29 is 23.9 Å². The Bertz CT molecular complexity index is 1480. The zero-order valence-corrected chi connectivity index (χ0v) is 20.6. The van der Waals surface area contributed by atoms with E-state index in [-0.39, 0.29) is 16.5 Å². The summed E-state index contributed by atoms with van der Waals surface area (Å²) in [5.41, 5.74) is 3.44. The van der Waals surface area contributed by atoms with Gasteiger partial charge in [-0.25, -0.2) is 4.79 Å². The monoisotopic (exact) mass is 521 g/mol. The van der Waals surface area contributed by atoms with Gasteiger partial charge in [-0.15, -0.1) is 0 Å². The molecule has 0 aliphatic heterocycles. The minimum absolute atomic E-state index is 0.0955. The smallest absolute Gasteiger partial charge is 0.342 e. The zero-order chi connectivity index (χ0) is 25.2. The number of rotatable bonds is 5. The van der Waals surface area contributed by atoms with Crippen LogP contribution in [0.5, 0.6) is 0 Å². The maximum Gasteiger partial charge on any atom is 0.342 e. The molecule has 1 aliphatic carbocycles. The van der Waals surface area contributed by atoms with E-state index in [0.29, 0.717) is 29.8 Å². The Morgan fingerprint density at radius 2 is 1.67 bits per heavy atom. The maximum absolute atomic E-state index is 13.4. The molecule has 0 N–H and O–H groups in total. The highest BCUT2D eigenvalue weighted by Gasteiger charge is 2.32. The normalized spacial score (nSPS) is 14.8. The topological polar surface area (TPSA) is 74.6 Å². The van der Waals surface area contributed by atoms with E-state index in [1.54, 1.807) is 16.7 Å². The first-order chi connectivity index (χ1) is 17.4. The summed E-state index contributed by atoms with van der Waals surface area (Å²) in [4.78, 5) is 38.4. The number of benzene rings is 3. The molecule has 0 saturated carbocycles. The molecule has 1 unspecified atom stereocenters. The maximum atomic E-state index is 13.4. The largest absolute Gasteiger partial charge is 0.428 e. The van der Waals surface area contributed by atoms with Crippen LogP contribution in [0.1, 0.15) is 38.4 Å². The van der Waals surface area contributed by atoms with E-state index in [1.165, 1.54) is 18.2 Å². The molecule has 1 atom stereocenters. The Labute approximate surface area is 217 Å². The van der Waals surface area contributed by atoms with Crippen LogP contribution in [0, 0.1) is 5.92 Å². The summed E-state index contributed by atoms with van der Waals surface area (Å²) in [7, 11) is 0. The number of para-hydroxylation sites is 1. The highest BCUT2D eigenvalue weighted by molar-refractivity contribution is 6.36. The Morgan fingerprint density at radius 1 is 0.917 bits per heavy atom. The highest BCUT2D eigenvalue weighted by atomic mass is 35.5. The van der Waals surface area contributed by atoms with Crippen molar-refractivity contribution in [2.75, 3.05) is 6.79 Å². The van der Waals surface area contributed by atoms with Crippen molar-refractivity contribution >= 4 is 52.0 Å². The molecule has 6 nitrogen and oxygen atoms in total. The van der Waals surface area contributed by atoms with Gasteiger partial charge < -0.3 is 9.47 Å². The zero-order valence-electron chi connectivity index (χ0n) is 19.1. The van der Waals surface area contributed by atoms with Gasteiger partial charge in [0.05, 0.1) is 22.0 Å². The van der Waals surface area contributed by atoms with E-state index < -0.39 is 24.6 Å². The van der Waals surface area contributed by atoms with E-state index >= 15 is 0 Å². The quantitative estimate of drug-likeness (QED) is 0.234. The SMILES string of the molecule is O=C(OCOC(=O)C1CCc2c(c3ccccc3n2C(=O)c2ccccc2)C1)c1ccc(Cl)cc1Cl. The van der Waals surface area contributed by atoms with E-state index in [1.807, 2.05) is 42.5 Å². The standard InChI is InChI=1S/C28H21Cl2NO5/c29-19-11-12-21(23(30)15-19)28(34)36-16-35-27(33)18-10-13-25-22(14-18)20-8-4-5-9-24(20)31(25)26(32)17-6-2-1-3-7-17/h1-9,11-12,15,18H,10,13-14,16H2. The Balaban J connectivity index is 1.30. The first kappa shape index (κ1) is 24.1. The summed E-state index contributed by atoms with van der Waals surface area (Å²) in [6.45, 7) is -0.520. The fraction of sp³-hybridized carbons (Fsp3) is 0.179. The molecule has 3 aromatic carbocycles. The van der Waals surface area contributed by atoms with Gasteiger partial charge in [-0.3, -0.25) is 14.2 Å². The number of ether oxygens (including phenoxy) is 2. The first-order valence-electron chi connectivity index (χ1n) is 11.4. The van der Waals surface area contributed by atoms with Crippen LogP contribution in [0.4, 0.5) is 0 Å². The molecule has 0 fully saturated rings. The summed E-state index contributed by atoms with van der Waals surface area (Å²) >= 11 is 11.9. The third-order valence-electron chi connectivity index (χ3n) is 6.37. The number of hydrogen-bond acceptors (Lipinski definition) is 5. The van der Waals surface area contributed by atoms with Gasteiger partial charge in [0, 0.05) is 21.7 Å². The van der Waals surface area contributed by atoms with Crippen molar-refractivity contribution in [2.24, 2.45) is 5.92 Å². The van der Waals surface area contributed by atoms with Gasteiger partial charge in [-0.2, -0.15) is 0 Å². The molecule has 4 aromatic rings. The highest BCUT2D eigenvalue weighted by Crippen LogP contribution is 2.35. The molecule has 1 heterocycles. The van der Waals surface area contributed by atoms with Crippen LogP contribution in [0.15, 0.2) is 72.8 Å². The second kappa shape index (κ2) is 10.2. The lowest BCUT2D eigenvalue weighted by Crippen LogP contribution is -2.27. The molecule has 0 radical (unpaired) electrons. The average Bonchev–Trinajstić information content (AvgIpc) is 3.22. The number of aromatic nitrogens is 1. The van der Waals surface area contributed by atoms with Gasteiger partial charge in [-0.05, 0) is 61.2 Å². The predicted molar refractivity (Wildman–Crippen MR) is 136 cm³/mol. The Kier molecular flexibility index (Phi) is 6.81. The molecule has 5 rings (SSSR count). The number of esters is 2. The van der Waals surface area contributed by atoms with E-state index in [4.69, 9.17) is 32.7 Å². The molecule has 0 saturated heterocycles. The Hall–Kier alpha value is -3.61. The summed E-state index contributed by atoms with van der Waals surface area (Å²) < 4.78 is 12.1. The molecule has 0 bridgehead atoms. The third-order valence-corrected chi connectivity index (χ3v) is 6.92. The van der Waals surface area contributed by atoms with Crippen LogP contribution < -0.4 is 0 Å². The number of hydrogen-bond donors (Lipinski definition) is 0. The minimum Gasteiger partial charge on any atom is -0.428 e. The molecular weight excluding hydrogens is 501 g/mol. The number of halogens is 2. The van der Waals surface area contributed by atoms with E-state index in [2.05, 4.69) is 0 Å². The molecular formula is C28H21Cl2NO5. The fourth-order valence-corrected chi connectivity index (χ4v) is 5.13. The predicted octanol–water partition coefficient (Wildman–Crippen LogP) is 6.10. The van der Waals surface area contributed by atoms with Crippen LogP contribution in [0.2, 0.25) is 10.0 Å². The fourth-order valence-electron chi connectivity index (χ4n) is 4.64. The Morgan fingerprint density at radius 3 is 2.44 bits per heavy atom. The molecule has 36 heavy (non-hydrogen) atoms. The van der Waals surface area contributed by atoms with Gasteiger partial charge in [-0.1, -0.05) is 59.6 Å². The van der Waals surface area contributed by atoms with Crippen LogP contribution in [0.25, 0.3) is 10.9 Å². The minimum atomic E-state index is -0.710. The number of nitrogens with zero attached hydrogens (tertiary/aromatic N) is 1. The van der Waals surface area contributed by atoms with Gasteiger partial charge in [0.2, 0.25) is 6.79 Å². The van der Waals surface area contributed by atoms with Gasteiger partial charge in [0.1, 0.15) is 0 Å². The van der Waals surface area contributed by atoms with E-state index in [0.717, 1.165) is 22.2 Å². The van der Waals surface area contributed by atoms with Crippen LogP contribution in [-0.4, -0.2) is 29.2 Å². The molecule has 0 amide bonds.